The van der Waals surface area contributed by atoms with Crippen LogP contribution in [0.15, 0.2) is 35.3 Å². The Morgan fingerprint density at radius 2 is 1.97 bits per heavy atom. The molecule has 154 valence electrons. The highest BCUT2D eigenvalue weighted by molar-refractivity contribution is 5.93. The molecule has 2 aliphatic rings. The van der Waals surface area contributed by atoms with Crippen molar-refractivity contribution in [1.82, 2.24) is 4.57 Å². The average molecular weight is 409 g/mol. The summed E-state index contributed by atoms with van der Waals surface area (Å²) in [6.45, 7) is 2.00. The number of hydrogen-bond donors (Lipinski definition) is 0. The van der Waals surface area contributed by atoms with E-state index in [9.17, 15) is 13.6 Å². The molecule has 3 aromatic rings. The molecule has 1 aromatic heterocycles. The third kappa shape index (κ3) is 3.34. The van der Waals surface area contributed by atoms with E-state index in [0.717, 1.165) is 43.6 Å². The summed E-state index contributed by atoms with van der Waals surface area (Å²) in [5.41, 5.74) is 3.36. The Bertz CT molecular complexity index is 1180. The van der Waals surface area contributed by atoms with Crippen LogP contribution >= 0.6 is 0 Å². The minimum Gasteiger partial charge on any atom is -0.489 e. The van der Waals surface area contributed by atoms with Crippen molar-refractivity contribution in [3.63, 3.8) is 0 Å². The molecule has 1 fully saturated rings. The van der Waals surface area contributed by atoms with Gasteiger partial charge in [0.25, 0.3) is 0 Å². The number of anilines is 1. The quantitative estimate of drug-likeness (QED) is 0.453. The summed E-state index contributed by atoms with van der Waals surface area (Å²) < 4.78 is 35.4. The second-order valence-electron chi connectivity index (χ2n) is 7.98. The van der Waals surface area contributed by atoms with Crippen molar-refractivity contribution >= 4 is 34.8 Å². The van der Waals surface area contributed by atoms with E-state index in [2.05, 4.69) is 4.99 Å². The lowest BCUT2D eigenvalue weighted by Crippen LogP contribution is -2.29. The molecule has 0 spiro atoms. The van der Waals surface area contributed by atoms with Gasteiger partial charge in [-0.1, -0.05) is 0 Å². The number of fused-ring (bicyclic) bond motifs is 2. The standard InChI is InChI=1S/C23H21F2N3O2/c1-27-4-5-30-22-7-15(13-29)6-20(23(22)27)26-11-17-8-16-9-18(24)19(25)10-21(16)28(17)12-14-2-3-14/h6-11,13-14H,2-5,12H2,1H3. The molecule has 0 N–H and O–H groups in total. The fraction of sp³-hybridized carbons (Fsp3) is 0.304. The lowest BCUT2D eigenvalue weighted by Gasteiger charge is -2.29. The first-order valence-electron chi connectivity index (χ1n) is 10.0. The number of carbonyl (C=O) groups is 1. The Labute approximate surface area is 172 Å². The molecule has 1 saturated carbocycles. The first-order chi connectivity index (χ1) is 14.5. The zero-order chi connectivity index (χ0) is 20.8. The van der Waals surface area contributed by atoms with Gasteiger partial charge in [-0.25, -0.2) is 8.78 Å². The highest BCUT2D eigenvalue weighted by Crippen LogP contribution is 2.40. The molecule has 0 radical (unpaired) electrons. The van der Waals surface area contributed by atoms with Crippen molar-refractivity contribution in [2.45, 2.75) is 19.4 Å². The van der Waals surface area contributed by atoms with Gasteiger partial charge in [0.15, 0.2) is 11.6 Å². The Morgan fingerprint density at radius 3 is 2.73 bits per heavy atom. The van der Waals surface area contributed by atoms with Gasteiger partial charge in [0.2, 0.25) is 0 Å². The van der Waals surface area contributed by atoms with Crippen molar-refractivity contribution in [3.8, 4) is 5.75 Å². The molecule has 0 amide bonds. The maximum atomic E-state index is 13.9. The fourth-order valence-corrected chi connectivity index (χ4v) is 3.96. The zero-order valence-corrected chi connectivity index (χ0v) is 16.6. The lowest BCUT2D eigenvalue weighted by molar-refractivity contribution is 0.112. The number of carbonyl (C=O) groups excluding carboxylic acids is 1. The molecule has 0 unspecified atom stereocenters. The third-order valence-electron chi connectivity index (χ3n) is 5.73. The smallest absolute Gasteiger partial charge is 0.160 e. The molecular weight excluding hydrogens is 388 g/mol. The van der Waals surface area contributed by atoms with E-state index in [4.69, 9.17) is 4.74 Å². The number of likely N-dealkylation sites (N-methyl/N-ethyl adjacent to an activating group) is 1. The summed E-state index contributed by atoms with van der Waals surface area (Å²) in [5, 5.41) is 0.639. The van der Waals surface area contributed by atoms with E-state index in [1.807, 2.05) is 22.6 Å². The Morgan fingerprint density at radius 1 is 1.17 bits per heavy atom. The van der Waals surface area contributed by atoms with Crippen LogP contribution in [0.1, 0.15) is 28.9 Å². The zero-order valence-electron chi connectivity index (χ0n) is 16.6. The van der Waals surface area contributed by atoms with Crippen LogP contribution in [0.5, 0.6) is 5.75 Å². The Kier molecular flexibility index (Phi) is 4.53. The topological polar surface area (TPSA) is 46.8 Å². The molecule has 0 bridgehead atoms. The van der Waals surface area contributed by atoms with E-state index < -0.39 is 11.6 Å². The van der Waals surface area contributed by atoms with Crippen LogP contribution in [0.2, 0.25) is 0 Å². The summed E-state index contributed by atoms with van der Waals surface area (Å²) in [7, 11) is 1.95. The number of benzene rings is 2. The van der Waals surface area contributed by atoms with E-state index in [-0.39, 0.29) is 0 Å². The highest BCUT2D eigenvalue weighted by Gasteiger charge is 2.24. The highest BCUT2D eigenvalue weighted by atomic mass is 19.2. The van der Waals surface area contributed by atoms with Crippen LogP contribution in [0.3, 0.4) is 0 Å². The monoisotopic (exact) mass is 409 g/mol. The molecule has 0 atom stereocenters. The first-order valence-corrected chi connectivity index (χ1v) is 10.0. The van der Waals surface area contributed by atoms with E-state index in [1.54, 1.807) is 18.3 Å². The van der Waals surface area contributed by atoms with E-state index >= 15 is 0 Å². The minimum atomic E-state index is -0.860. The van der Waals surface area contributed by atoms with Crippen LogP contribution < -0.4 is 9.64 Å². The van der Waals surface area contributed by atoms with Crippen molar-refractivity contribution < 1.29 is 18.3 Å². The van der Waals surface area contributed by atoms with E-state index in [0.29, 0.717) is 40.4 Å². The second kappa shape index (κ2) is 7.23. The lowest BCUT2D eigenvalue weighted by atomic mass is 10.1. The van der Waals surface area contributed by atoms with Gasteiger partial charge in [-0.05, 0) is 43.0 Å². The normalized spacial score (nSPS) is 16.2. The van der Waals surface area contributed by atoms with Crippen LogP contribution in [-0.2, 0) is 6.54 Å². The number of aliphatic imine (C=N–C) groups is 1. The maximum absolute atomic E-state index is 13.9. The van der Waals surface area contributed by atoms with Crippen molar-refractivity contribution in [3.05, 3.63) is 53.2 Å². The molecule has 0 saturated heterocycles. The number of hydrogen-bond acceptors (Lipinski definition) is 4. The molecule has 5 nitrogen and oxygen atoms in total. The number of halogens is 2. The number of aldehydes is 1. The van der Waals surface area contributed by atoms with Crippen molar-refractivity contribution in [2.24, 2.45) is 10.9 Å². The number of rotatable bonds is 5. The van der Waals surface area contributed by atoms with Gasteiger partial charge in [-0.15, -0.1) is 0 Å². The molecule has 7 heteroatoms. The summed E-state index contributed by atoms with van der Waals surface area (Å²) in [4.78, 5) is 18.1. The molecule has 1 aliphatic heterocycles. The first kappa shape index (κ1) is 18.8. The van der Waals surface area contributed by atoms with Crippen LogP contribution in [0.4, 0.5) is 20.2 Å². The third-order valence-corrected chi connectivity index (χ3v) is 5.73. The van der Waals surface area contributed by atoms with Crippen LogP contribution in [0.25, 0.3) is 10.9 Å². The second-order valence-corrected chi connectivity index (χ2v) is 7.98. The SMILES string of the molecule is CN1CCOc2cc(C=O)cc(N=Cc3cc4cc(F)c(F)cc4n3CC3CC3)c21. The molecular formula is C23H21F2N3O2. The molecule has 2 aromatic carbocycles. The van der Waals surface area contributed by atoms with Crippen molar-refractivity contribution in [1.29, 1.82) is 0 Å². The van der Waals surface area contributed by atoms with E-state index in [1.165, 1.54) is 12.1 Å². The minimum absolute atomic E-state index is 0.485. The van der Waals surface area contributed by atoms with Crippen molar-refractivity contribution in [2.75, 3.05) is 25.1 Å². The van der Waals surface area contributed by atoms with Gasteiger partial charge < -0.3 is 14.2 Å². The summed E-state index contributed by atoms with van der Waals surface area (Å²) >= 11 is 0. The van der Waals surface area contributed by atoms with Crippen LogP contribution in [-0.4, -0.2) is 37.3 Å². The average Bonchev–Trinajstić information content (AvgIpc) is 3.50. The fourth-order valence-electron chi connectivity index (χ4n) is 3.96. The predicted octanol–water partition coefficient (Wildman–Crippen LogP) is 4.72. The largest absolute Gasteiger partial charge is 0.489 e. The summed E-state index contributed by atoms with van der Waals surface area (Å²) in [6, 6.07) is 7.73. The van der Waals surface area contributed by atoms with Crippen LogP contribution in [0, 0.1) is 17.6 Å². The summed E-state index contributed by atoms with van der Waals surface area (Å²) in [6.07, 6.45) is 4.74. The Hall–Kier alpha value is -3.22. The predicted molar refractivity (Wildman–Crippen MR) is 112 cm³/mol. The van der Waals surface area contributed by atoms with Gasteiger partial charge in [-0.2, -0.15) is 0 Å². The number of nitrogens with zero attached hydrogens (tertiary/aromatic N) is 3. The van der Waals surface area contributed by atoms with Gasteiger partial charge in [0.05, 0.1) is 29.7 Å². The van der Waals surface area contributed by atoms with Gasteiger partial charge in [0.1, 0.15) is 24.3 Å². The van der Waals surface area contributed by atoms with Gasteiger partial charge in [0, 0.05) is 30.6 Å². The van der Waals surface area contributed by atoms with Gasteiger partial charge >= 0.3 is 0 Å². The molecule has 5 rings (SSSR count). The van der Waals surface area contributed by atoms with Gasteiger partial charge in [-0.3, -0.25) is 9.79 Å². The molecule has 30 heavy (non-hydrogen) atoms. The summed E-state index contributed by atoms with van der Waals surface area (Å²) in [5.74, 6) is -0.538. The molecule has 2 heterocycles. The maximum Gasteiger partial charge on any atom is 0.160 e. The number of aromatic nitrogens is 1. The number of ether oxygens (including phenoxy) is 1. The molecule has 1 aliphatic carbocycles. The Balaban J connectivity index is 1.61.